The minimum Gasteiger partial charge on any atom is -0.616 e. The van der Waals surface area contributed by atoms with E-state index in [4.69, 9.17) is 16.3 Å². The molecule has 1 aliphatic heterocycles. The van der Waals surface area contributed by atoms with Crippen LogP contribution in [0.2, 0.25) is 5.15 Å². The number of rotatable bonds is 4. The maximum Gasteiger partial charge on any atom is 0.233 e. The summed E-state index contributed by atoms with van der Waals surface area (Å²) in [6.07, 6.45) is 0. The van der Waals surface area contributed by atoms with Crippen molar-refractivity contribution in [2.24, 2.45) is 0 Å². The van der Waals surface area contributed by atoms with Crippen molar-refractivity contribution in [2.75, 3.05) is 37.7 Å². The highest BCUT2D eigenvalue weighted by Crippen LogP contribution is 2.08. The maximum absolute atomic E-state index is 11.2. The van der Waals surface area contributed by atoms with Crippen LogP contribution in [0.15, 0.2) is 12.1 Å². The van der Waals surface area contributed by atoms with Crippen molar-refractivity contribution < 1.29 is 9.29 Å². The van der Waals surface area contributed by atoms with E-state index < -0.39 is 11.2 Å². The van der Waals surface area contributed by atoms with Crippen molar-refractivity contribution in [3.63, 3.8) is 0 Å². The van der Waals surface area contributed by atoms with E-state index in [9.17, 15) is 4.55 Å². The third-order valence-corrected chi connectivity index (χ3v) is 4.01. The van der Waals surface area contributed by atoms with E-state index in [1.54, 1.807) is 12.1 Å². The summed E-state index contributed by atoms with van der Waals surface area (Å²) in [7, 11) is 0. The Morgan fingerprint density at radius 1 is 1.35 bits per heavy atom. The lowest BCUT2D eigenvalue weighted by atomic mass is 10.5. The summed E-state index contributed by atoms with van der Waals surface area (Å²) < 4.78 is 16.6. The van der Waals surface area contributed by atoms with Gasteiger partial charge in [-0.1, -0.05) is 22.8 Å². The lowest BCUT2D eigenvalue weighted by Gasteiger charge is -2.27. The first-order chi connectivity index (χ1) is 8.24. The lowest BCUT2D eigenvalue weighted by molar-refractivity contribution is 0.213. The highest BCUT2D eigenvalue weighted by Gasteiger charge is 2.18. The molecule has 5 nitrogen and oxygen atoms in total. The molecule has 0 aliphatic carbocycles. The second kappa shape index (κ2) is 6.39. The molecule has 0 N–H and O–H groups in total. The average Bonchev–Trinajstić information content (AvgIpc) is 2.34. The Kier molecular flexibility index (Phi) is 4.85. The Labute approximate surface area is 108 Å². The zero-order chi connectivity index (χ0) is 12.1. The van der Waals surface area contributed by atoms with E-state index in [-0.39, 0.29) is 0 Å². The van der Waals surface area contributed by atoms with E-state index in [0.29, 0.717) is 17.6 Å². The van der Waals surface area contributed by atoms with Crippen LogP contribution in [0.1, 0.15) is 0 Å². The third-order valence-electron chi connectivity index (χ3n) is 2.54. The van der Waals surface area contributed by atoms with Crippen LogP contribution in [0.25, 0.3) is 0 Å². The number of hydrogen-bond donors (Lipinski definition) is 0. The Hall–Kier alpha value is -0.560. The molecule has 1 fully saturated rings. The first-order valence-corrected chi connectivity index (χ1v) is 7.30. The predicted molar refractivity (Wildman–Crippen MR) is 66.9 cm³/mol. The molecule has 1 aromatic rings. The largest absolute Gasteiger partial charge is 0.616 e. The number of ether oxygens (including phenoxy) is 1. The van der Waals surface area contributed by atoms with Crippen molar-refractivity contribution in [1.82, 2.24) is 15.1 Å². The van der Waals surface area contributed by atoms with Crippen LogP contribution in [-0.4, -0.2) is 57.4 Å². The Morgan fingerprint density at radius 2 is 2.12 bits per heavy atom. The second-order valence-electron chi connectivity index (χ2n) is 3.73. The van der Waals surface area contributed by atoms with E-state index in [1.165, 1.54) is 0 Å². The highest BCUT2D eigenvalue weighted by molar-refractivity contribution is 7.91. The summed E-state index contributed by atoms with van der Waals surface area (Å²) in [6, 6.07) is 3.34. The fourth-order valence-electron chi connectivity index (χ4n) is 1.56. The molecule has 2 rings (SSSR count). The number of nitrogens with zero attached hydrogens (tertiary/aromatic N) is 3. The molecule has 2 heterocycles. The molecule has 94 valence electrons. The molecular formula is C10H14ClN3O2S. The summed E-state index contributed by atoms with van der Waals surface area (Å²) in [4.78, 5) is 2.24. The van der Waals surface area contributed by atoms with Gasteiger partial charge < -0.3 is 9.29 Å². The van der Waals surface area contributed by atoms with E-state index >= 15 is 0 Å². The lowest BCUT2D eigenvalue weighted by Crippen LogP contribution is -2.42. The molecule has 0 radical (unpaired) electrons. The summed E-state index contributed by atoms with van der Waals surface area (Å²) in [6.45, 7) is 3.13. The van der Waals surface area contributed by atoms with Crippen molar-refractivity contribution in [1.29, 1.82) is 0 Å². The van der Waals surface area contributed by atoms with Gasteiger partial charge in [0.1, 0.15) is 18.1 Å². The smallest absolute Gasteiger partial charge is 0.233 e. The van der Waals surface area contributed by atoms with Gasteiger partial charge in [0.15, 0.2) is 5.15 Å². The molecule has 0 unspecified atom stereocenters. The molecule has 1 saturated heterocycles. The molecule has 0 aromatic carbocycles. The van der Waals surface area contributed by atoms with Crippen LogP contribution < -0.4 is 4.74 Å². The Morgan fingerprint density at radius 3 is 2.76 bits per heavy atom. The normalized spacial score (nSPS) is 18.2. The minimum atomic E-state index is -0.625. The van der Waals surface area contributed by atoms with Crippen molar-refractivity contribution in [3.05, 3.63) is 17.3 Å². The molecule has 0 amide bonds. The highest BCUT2D eigenvalue weighted by atomic mass is 35.5. The topological polar surface area (TPSA) is 61.3 Å². The molecule has 0 saturated carbocycles. The van der Waals surface area contributed by atoms with Gasteiger partial charge in [0.05, 0.1) is 0 Å². The molecular weight excluding hydrogens is 262 g/mol. The van der Waals surface area contributed by atoms with Gasteiger partial charge >= 0.3 is 0 Å². The van der Waals surface area contributed by atoms with Crippen LogP contribution >= 0.6 is 11.6 Å². The Bertz CT molecular complexity index is 344. The first kappa shape index (κ1) is 12.9. The number of halogens is 1. The van der Waals surface area contributed by atoms with Crippen LogP contribution in [-0.2, 0) is 11.2 Å². The predicted octanol–water partition coefficient (Wildman–Crippen LogP) is 0.573. The van der Waals surface area contributed by atoms with Gasteiger partial charge in [-0.15, -0.1) is 10.2 Å². The molecule has 1 aromatic heterocycles. The molecule has 0 spiro atoms. The average molecular weight is 276 g/mol. The quantitative estimate of drug-likeness (QED) is 0.752. The zero-order valence-corrected chi connectivity index (χ0v) is 10.9. The number of aromatic nitrogens is 2. The first-order valence-electron chi connectivity index (χ1n) is 5.43. The van der Waals surface area contributed by atoms with Gasteiger partial charge in [-0.3, -0.25) is 4.90 Å². The van der Waals surface area contributed by atoms with Gasteiger partial charge in [0.25, 0.3) is 0 Å². The van der Waals surface area contributed by atoms with Crippen LogP contribution in [0.5, 0.6) is 5.88 Å². The summed E-state index contributed by atoms with van der Waals surface area (Å²) >= 11 is 4.99. The molecule has 1 aliphatic rings. The van der Waals surface area contributed by atoms with Gasteiger partial charge in [-0.05, 0) is 6.07 Å². The number of hydrogen-bond acceptors (Lipinski definition) is 5. The minimum absolute atomic E-state index is 0.357. The van der Waals surface area contributed by atoms with Crippen molar-refractivity contribution >= 4 is 22.8 Å². The van der Waals surface area contributed by atoms with E-state index in [2.05, 4.69) is 15.1 Å². The second-order valence-corrected chi connectivity index (χ2v) is 5.82. The van der Waals surface area contributed by atoms with Gasteiger partial charge in [-0.25, -0.2) is 0 Å². The summed E-state index contributed by atoms with van der Waals surface area (Å²) in [5.74, 6) is 2.01. The zero-order valence-electron chi connectivity index (χ0n) is 9.34. The molecule has 0 atom stereocenters. The fraction of sp³-hybridized carbons (Fsp3) is 0.600. The van der Waals surface area contributed by atoms with Crippen molar-refractivity contribution in [2.45, 2.75) is 0 Å². The van der Waals surface area contributed by atoms with Gasteiger partial charge in [-0.2, -0.15) is 0 Å². The molecule has 17 heavy (non-hydrogen) atoms. The third kappa shape index (κ3) is 4.31. The summed E-state index contributed by atoms with van der Waals surface area (Å²) in [5.41, 5.74) is 0. The van der Waals surface area contributed by atoms with Crippen molar-refractivity contribution in [3.8, 4) is 5.88 Å². The maximum atomic E-state index is 11.2. The molecule has 7 heteroatoms. The molecule has 0 bridgehead atoms. The van der Waals surface area contributed by atoms with E-state index in [1.807, 2.05) is 0 Å². The van der Waals surface area contributed by atoms with Gasteiger partial charge in [0.2, 0.25) is 5.88 Å². The van der Waals surface area contributed by atoms with E-state index in [0.717, 1.165) is 31.1 Å². The Balaban J connectivity index is 1.67. The van der Waals surface area contributed by atoms with Crippen LogP contribution in [0.4, 0.5) is 0 Å². The fourth-order valence-corrected chi connectivity index (χ4v) is 2.79. The van der Waals surface area contributed by atoms with Gasteiger partial charge in [0, 0.05) is 25.7 Å². The monoisotopic (exact) mass is 275 g/mol. The standard InChI is InChI=1S/C10H14ClN3O2S/c11-9-1-2-10(13-12-9)16-6-3-14-4-7-17(15)8-5-14/h1-2H,3-8H2. The SMILES string of the molecule is [O-][S+]1CCN(CCOc2ccc(Cl)nn2)CC1. The summed E-state index contributed by atoms with van der Waals surface area (Å²) in [5, 5.41) is 7.85. The van der Waals surface area contributed by atoms with Crippen LogP contribution in [0.3, 0.4) is 0 Å². The van der Waals surface area contributed by atoms with Crippen LogP contribution in [0, 0.1) is 0 Å².